The Morgan fingerprint density at radius 1 is 0.418 bits per heavy atom. The number of benzene rings is 4. The van der Waals surface area contributed by atoms with Crippen LogP contribution >= 0.6 is 0 Å². The SMILES string of the molecule is CC.CC.CC.CC.CCc1ccccc1N1CCN(C)CC1.CCc1ccccc1N1CCN(C)CC1.CN1CCN(c2ccccc2CN)CC1.N#Cc1ccccc1N1CCNCC1. The normalized spacial score (nSPS) is 16.0. The van der Waals surface area contributed by atoms with Gasteiger partial charge in [0.25, 0.3) is 0 Å². The summed E-state index contributed by atoms with van der Waals surface area (Å²) >= 11 is 0. The highest BCUT2D eigenvalue weighted by atomic mass is 15.3. The van der Waals surface area contributed by atoms with Crippen molar-refractivity contribution in [2.45, 2.75) is 88.6 Å². The fourth-order valence-electron chi connectivity index (χ4n) is 8.12. The van der Waals surface area contributed by atoms with Gasteiger partial charge in [-0.1, -0.05) is 136 Å². The summed E-state index contributed by atoms with van der Waals surface area (Å²) < 4.78 is 0. The Morgan fingerprint density at radius 3 is 1.03 bits per heavy atom. The molecule has 4 aromatic carbocycles. The number of piperazine rings is 4. The third kappa shape index (κ3) is 21.1. The lowest BCUT2D eigenvalue weighted by atomic mass is 10.1. The van der Waals surface area contributed by atoms with E-state index in [4.69, 9.17) is 11.0 Å². The van der Waals surface area contributed by atoms with Crippen LogP contribution in [0.5, 0.6) is 0 Å². The Labute approximate surface area is 411 Å². The molecule has 10 nitrogen and oxygen atoms in total. The van der Waals surface area contributed by atoms with Crippen LogP contribution in [-0.2, 0) is 19.4 Å². The van der Waals surface area contributed by atoms with Crippen molar-refractivity contribution in [1.29, 1.82) is 5.26 Å². The molecule has 4 heterocycles. The minimum absolute atomic E-state index is 0.627. The lowest BCUT2D eigenvalue weighted by Crippen LogP contribution is -2.44. The van der Waals surface area contributed by atoms with Crippen LogP contribution < -0.4 is 30.7 Å². The number of aryl methyl sites for hydroxylation is 2. The predicted molar refractivity (Wildman–Crippen MR) is 297 cm³/mol. The van der Waals surface area contributed by atoms with Crippen LogP contribution in [0.15, 0.2) is 97.1 Å². The monoisotopic (exact) mass is 921 g/mol. The van der Waals surface area contributed by atoms with Crippen molar-refractivity contribution in [3.05, 3.63) is 119 Å². The summed E-state index contributed by atoms with van der Waals surface area (Å²) in [5.41, 5.74) is 16.0. The lowest BCUT2D eigenvalue weighted by molar-refractivity contribution is 0.312. The van der Waals surface area contributed by atoms with Crippen molar-refractivity contribution >= 4 is 22.7 Å². The Bertz CT molecular complexity index is 1670. The average molecular weight is 921 g/mol. The first kappa shape index (κ1) is 60.4. The first-order chi connectivity index (χ1) is 32.8. The number of anilines is 4. The van der Waals surface area contributed by atoms with Gasteiger partial charge in [0.2, 0.25) is 0 Å². The molecule has 0 radical (unpaired) electrons. The summed E-state index contributed by atoms with van der Waals surface area (Å²) in [5.74, 6) is 0. The van der Waals surface area contributed by atoms with Crippen molar-refractivity contribution in [2.75, 3.05) is 145 Å². The molecule has 4 aliphatic rings. The Balaban J connectivity index is 0.000000425. The van der Waals surface area contributed by atoms with Gasteiger partial charge in [0, 0.05) is 128 Å². The molecule has 0 atom stereocenters. The molecule has 3 N–H and O–H groups in total. The molecule has 0 aliphatic carbocycles. The highest BCUT2D eigenvalue weighted by molar-refractivity contribution is 5.59. The minimum atomic E-state index is 0.627. The quantitative estimate of drug-likeness (QED) is 0.187. The minimum Gasteiger partial charge on any atom is -0.369 e. The molecule has 0 spiro atoms. The molecular weight excluding hydrogens is 825 g/mol. The van der Waals surface area contributed by atoms with Gasteiger partial charge in [-0.2, -0.15) is 5.26 Å². The number of para-hydroxylation sites is 4. The molecule has 67 heavy (non-hydrogen) atoms. The van der Waals surface area contributed by atoms with Gasteiger partial charge >= 0.3 is 0 Å². The fraction of sp³-hybridized carbons (Fsp3) is 0.561. The number of likely N-dealkylation sites (N-methyl/N-ethyl adjacent to an activating group) is 3. The van der Waals surface area contributed by atoms with Gasteiger partial charge in [0.15, 0.2) is 0 Å². The van der Waals surface area contributed by atoms with Crippen LogP contribution in [-0.4, -0.2) is 141 Å². The number of nitrogens with zero attached hydrogens (tertiary/aromatic N) is 8. The van der Waals surface area contributed by atoms with Crippen LogP contribution in [0.2, 0.25) is 0 Å². The second-order valence-corrected chi connectivity index (χ2v) is 16.0. The van der Waals surface area contributed by atoms with Crippen molar-refractivity contribution in [3.63, 3.8) is 0 Å². The van der Waals surface area contributed by atoms with Crippen LogP contribution in [0.4, 0.5) is 22.7 Å². The third-order valence-electron chi connectivity index (χ3n) is 12.0. The second kappa shape index (κ2) is 37.4. The number of nitriles is 1. The van der Waals surface area contributed by atoms with Crippen molar-refractivity contribution in [2.24, 2.45) is 5.73 Å². The van der Waals surface area contributed by atoms with Gasteiger partial charge in [0.1, 0.15) is 6.07 Å². The molecule has 374 valence electrons. The molecular formula is C57H96N10. The van der Waals surface area contributed by atoms with E-state index in [1.165, 1.54) is 59.9 Å². The van der Waals surface area contributed by atoms with E-state index in [-0.39, 0.29) is 0 Å². The van der Waals surface area contributed by atoms with E-state index in [1.54, 1.807) is 0 Å². The van der Waals surface area contributed by atoms with Crippen LogP contribution in [0.3, 0.4) is 0 Å². The molecule has 0 bridgehead atoms. The molecule has 8 rings (SSSR count). The molecule has 0 aromatic heterocycles. The predicted octanol–water partition coefficient (Wildman–Crippen LogP) is 9.97. The van der Waals surface area contributed by atoms with Crippen LogP contribution in [0.1, 0.15) is 91.5 Å². The fourth-order valence-corrected chi connectivity index (χ4v) is 8.12. The van der Waals surface area contributed by atoms with E-state index >= 15 is 0 Å². The Morgan fingerprint density at radius 2 is 0.701 bits per heavy atom. The van der Waals surface area contributed by atoms with Crippen molar-refractivity contribution in [3.8, 4) is 6.07 Å². The van der Waals surface area contributed by atoms with E-state index in [0.29, 0.717) is 6.54 Å². The second-order valence-electron chi connectivity index (χ2n) is 16.0. The van der Waals surface area contributed by atoms with E-state index in [1.807, 2.05) is 79.7 Å². The van der Waals surface area contributed by atoms with Gasteiger partial charge in [-0.3, -0.25) is 0 Å². The molecule has 0 amide bonds. The van der Waals surface area contributed by atoms with E-state index in [2.05, 4.69) is 153 Å². The van der Waals surface area contributed by atoms with Crippen LogP contribution in [0, 0.1) is 11.3 Å². The number of hydrogen-bond donors (Lipinski definition) is 2. The Kier molecular flexibility index (Phi) is 33.7. The maximum Gasteiger partial charge on any atom is 0.101 e. The number of hydrogen-bond acceptors (Lipinski definition) is 10. The zero-order valence-corrected chi connectivity index (χ0v) is 44.8. The van der Waals surface area contributed by atoms with Gasteiger partial charge in [-0.25, -0.2) is 0 Å². The van der Waals surface area contributed by atoms with Gasteiger partial charge < -0.3 is 45.3 Å². The van der Waals surface area contributed by atoms with Gasteiger partial charge in [-0.05, 0) is 81.0 Å². The summed E-state index contributed by atoms with van der Waals surface area (Å²) in [6.45, 7) is 38.9. The van der Waals surface area contributed by atoms with E-state index in [9.17, 15) is 0 Å². The zero-order valence-electron chi connectivity index (χ0n) is 44.8. The van der Waals surface area contributed by atoms with E-state index < -0.39 is 0 Å². The van der Waals surface area contributed by atoms with Crippen molar-refractivity contribution < 1.29 is 0 Å². The number of nitrogens with one attached hydrogen (secondary N) is 1. The molecule has 4 aromatic rings. The first-order valence-corrected chi connectivity index (χ1v) is 26.0. The largest absolute Gasteiger partial charge is 0.369 e. The van der Waals surface area contributed by atoms with Crippen LogP contribution in [0.25, 0.3) is 0 Å². The topological polar surface area (TPSA) is 84.5 Å². The molecule has 4 saturated heterocycles. The molecule has 4 fully saturated rings. The maximum absolute atomic E-state index is 8.96. The maximum atomic E-state index is 8.96. The molecule has 0 saturated carbocycles. The third-order valence-corrected chi connectivity index (χ3v) is 12.0. The van der Waals surface area contributed by atoms with E-state index in [0.717, 1.165) is 103 Å². The summed E-state index contributed by atoms with van der Waals surface area (Å²) in [4.78, 5) is 16.9. The summed E-state index contributed by atoms with van der Waals surface area (Å²) in [6.07, 6.45) is 2.25. The molecule has 0 unspecified atom stereocenters. The molecule has 4 aliphatic heterocycles. The first-order valence-electron chi connectivity index (χ1n) is 26.0. The average Bonchev–Trinajstić information content (AvgIpc) is 3.42. The number of rotatable bonds is 7. The summed E-state index contributed by atoms with van der Waals surface area (Å²) in [5, 5.41) is 12.3. The highest BCUT2D eigenvalue weighted by Gasteiger charge is 2.18. The summed E-state index contributed by atoms with van der Waals surface area (Å²) in [6, 6.07) is 36.0. The van der Waals surface area contributed by atoms with Crippen molar-refractivity contribution in [1.82, 2.24) is 20.0 Å². The summed E-state index contributed by atoms with van der Waals surface area (Å²) in [7, 11) is 6.57. The molecule has 10 heteroatoms. The van der Waals surface area contributed by atoms with Gasteiger partial charge in [0.05, 0.1) is 11.3 Å². The number of nitrogens with two attached hydrogens (primary N) is 1. The highest BCUT2D eigenvalue weighted by Crippen LogP contribution is 2.24. The zero-order chi connectivity index (χ0) is 49.8. The standard InChI is InChI=1S/2C13H20N2.C12H19N3.C11H13N3.4C2H6/c2*1-3-12-6-4-5-7-13(12)15-10-8-14(2)9-11-15;1-14-6-8-15(9-7-14)12-5-3-2-4-11(12)10-13;12-9-10-3-1-2-4-11(10)14-7-5-13-6-8-14;4*1-2/h2*4-7H,3,8-11H2,1-2H3;2-5H,6-10,13H2,1H3;1-4,13H,5-8H2;4*1-2H3. The smallest absolute Gasteiger partial charge is 0.101 e. The van der Waals surface area contributed by atoms with Gasteiger partial charge in [-0.15, -0.1) is 0 Å². The lowest BCUT2D eigenvalue weighted by Gasteiger charge is -2.35. The Hall–Kier alpha value is -4.63.